The summed E-state index contributed by atoms with van der Waals surface area (Å²) in [6, 6.07) is 16.2. The molecular formula is C17H19NO. The van der Waals surface area contributed by atoms with E-state index in [0.29, 0.717) is 0 Å². The van der Waals surface area contributed by atoms with Gasteiger partial charge in [-0.2, -0.15) is 0 Å². The predicted octanol–water partition coefficient (Wildman–Crippen LogP) is 3.03. The van der Waals surface area contributed by atoms with Crippen molar-refractivity contribution in [1.82, 2.24) is 4.90 Å². The van der Waals surface area contributed by atoms with Gasteiger partial charge in [0.2, 0.25) is 0 Å². The van der Waals surface area contributed by atoms with E-state index in [1.54, 1.807) is 0 Å². The van der Waals surface area contributed by atoms with E-state index in [4.69, 9.17) is 4.74 Å². The number of hydrogen-bond acceptors (Lipinski definition) is 2. The van der Waals surface area contributed by atoms with Crippen molar-refractivity contribution in [1.29, 1.82) is 0 Å². The summed E-state index contributed by atoms with van der Waals surface area (Å²) in [5.74, 6) is 0.726. The van der Waals surface area contributed by atoms with Crippen LogP contribution in [-0.2, 0) is 4.74 Å². The van der Waals surface area contributed by atoms with Crippen LogP contribution in [0.25, 0.3) is 10.8 Å². The first-order chi connectivity index (χ1) is 9.43. The second-order valence-corrected chi connectivity index (χ2v) is 5.63. The number of ether oxygens (including phenoxy) is 1. The zero-order valence-corrected chi connectivity index (χ0v) is 11.1. The van der Waals surface area contributed by atoms with Crippen LogP contribution in [0.5, 0.6) is 0 Å². The van der Waals surface area contributed by atoms with Crippen LogP contribution >= 0.6 is 0 Å². The number of fused-ring (bicyclic) bond motifs is 1. The van der Waals surface area contributed by atoms with Gasteiger partial charge < -0.3 is 4.74 Å². The molecule has 4 rings (SSSR count). The van der Waals surface area contributed by atoms with Gasteiger partial charge >= 0.3 is 0 Å². The van der Waals surface area contributed by atoms with Crippen LogP contribution in [0.3, 0.4) is 0 Å². The monoisotopic (exact) mass is 253 g/mol. The highest BCUT2D eigenvalue weighted by Crippen LogP contribution is 2.46. The van der Waals surface area contributed by atoms with Crippen molar-refractivity contribution in [3.63, 3.8) is 0 Å². The SMILES string of the molecule is c1ccc2c(C3CC3N3CCOCC3)cccc2c1. The Hall–Kier alpha value is -1.38. The standard InChI is InChI=1S/C17H19NO/c1-2-6-14-13(4-1)5-3-7-15(14)16-12-17(16)18-8-10-19-11-9-18/h1-7,16-17H,8-12H2. The Kier molecular flexibility index (Phi) is 2.78. The van der Waals surface area contributed by atoms with E-state index in [1.165, 1.54) is 22.8 Å². The molecule has 0 spiro atoms. The van der Waals surface area contributed by atoms with E-state index >= 15 is 0 Å². The Balaban J connectivity index is 1.62. The van der Waals surface area contributed by atoms with Crippen LogP contribution in [-0.4, -0.2) is 37.2 Å². The van der Waals surface area contributed by atoms with Gasteiger partial charge in [0, 0.05) is 25.0 Å². The first kappa shape index (κ1) is 11.4. The molecule has 2 nitrogen and oxygen atoms in total. The van der Waals surface area contributed by atoms with Gasteiger partial charge in [0.1, 0.15) is 0 Å². The van der Waals surface area contributed by atoms with Gasteiger partial charge in [0.15, 0.2) is 0 Å². The van der Waals surface area contributed by atoms with Crippen LogP contribution < -0.4 is 0 Å². The summed E-state index contributed by atoms with van der Waals surface area (Å²) >= 11 is 0. The number of nitrogens with zero attached hydrogens (tertiary/aromatic N) is 1. The molecule has 1 saturated carbocycles. The van der Waals surface area contributed by atoms with Crippen LogP contribution in [0.15, 0.2) is 42.5 Å². The van der Waals surface area contributed by atoms with Crippen molar-refractivity contribution in [2.24, 2.45) is 0 Å². The largest absolute Gasteiger partial charge is 0.379 e. The molecule has 2 unspecified atom stereocenters. The zero-order valence-electron chi connectivity index (χ0n) is 11.1. The average molecular weight is 253 g/mol. The van der Waals surface area contributed by atoms with E-state index in [1.807, 2.05) is 0 Å². The minimum absolute atomic E-state index is 0.726. The summed E-state index contributed by atoms with van der Waals surface area (Å²) in [6.45, 7) is 4.01. The number of morpholine rings is 1. The second-order valence-electron chi connectivity index (χ2n) is 5.63. The normalized spacial score (nSPS) is 27.6. The lowest BCUT2D eigenvalue weighted by atomic mass is 10.0. The Bertz CT molecular complexity index is 583. The first-order valence-corrected chi connectivity index (χ1v) is 7.23. The number of benzene rings is 2. The molecule has 2 aromatic rings. The van der Waals surface area contributed by atoms with Crippen molar-refractivity contribution >= 4 is 10.8 Å². The fraction of sp³-hybridized carbons (Fsp3) is 0.412. The fourth-order valence-corrected chi connectivity index (χ4v) is 3.40. The van der Waals surface area contributed by atoms with Gasteiger partial charge in [-0.3, -0.25) is 4.90 Å². The van der Waals surface area contributed by atoms with Gasteiger partial charge in [-0.25, -0.2) is 0 Å². The molecule has 0 N–H and O–H groups in total. The van der Waals surface area contributed by atoms with Gasteiger partial charge in [-0.15, -0.1) is 0 Å². The van der Waals surface area contributed by atoms with Gasteiger partial charge in [-0.05, 0) is 22.8 Å². The number of hydrogen-bond donors (Lipinski definition) is 0. The maximum absolute atomic E-state index is 5.45. The molecule has 2 heteroatoms. The summed E-state index contributed by atoms with van der Waals surface area (Å²) in [5.41, 5.74) is 1.54. The third kappa shape index (κ3) is 2.05. The quantitative estimate of drug-likeness (QED) is 0.815. The fourth-order valence-electron chi connectivity index (χ4n) is 3.40. The molecule has 98 valence electrons. The van der Waals surface area contributed by atoms with E-state index in [9.17, 15) is 0 Å². The topological polar surface area (TPSA) is 12.5 Å². The van der Waals surface area contributed by atoms with Crippen molar-refractivity contribution in [2.75, 3.05) is 26.3 Å². The van der Waals surface area contributed by atoms with Crippen LogP contribution in [0.1, 0.15) is 17.9 Å². The average Bonchev–Trinajstić information content (AvgIpc) is 3.28. The molecule has 2 aromatic carbocycles. The molecule has 1 aliphatic heterocycles. The molecule has 2 fully saturated rings. The molecule has 0 aromatic heterocycles. The highest BCUT2D eigenvalue weighted by molar-refractivity contribution is 5.86. The molecule has 2 atom stereocenters. The summed E-state index contributed by atoms with van der Waals surface area (Å²) in [7, 11) is 0. The molecular weight excluding hydrogens is 234 g/mol. The number of rotatable bonds is 2. The van der Waals surface area contributed by atoms with E-state index in [-0.39, 0.29) is 0 Å². The molecule has 1 heterocycles. The Morgan fingerprint density at radius 2 is 1.74 bits per heavy atom. The molecule has 0 bridgehead atoms. The summed E-state index contributed by atoms with van der Waals surface area (Å²) < 4.78 is 5.45. The lowest BCUT2D eigenvalue weighted by Gasteiger charge is -2.27. The maximum Gasteiger partial charge on any atom is 0.0594 e. The van der Waals surface area contributed by atoms with Gasteiger partial charge in [0.05, 0.1) is 13.2 Å². The predicted molar refractivity (Wildman–Crippen MR) is 77.5 cm³/mol. The van der Waals surface area contributed by atoms with Crippen molar-refractivity contribution in [3.8, 4) is 0 Å². The third-order valence-electron chi connectivity index (χ3n) is 4.49. The molecule has 1 aliphatic carbocycles. The third-order valence-corrected chi connectivity index (χ3v) is 4.49. The van der Waals surface area contributed by atoms with Crippen LogP contribution in [0.4, 0.5) is 0 Å². The minimum atomic E-state index is 0.726. The smallest absolute Gasteiger partial charge is 0.0594 e. The molecule has 2 aliphatic rings. The Morgan fingerprint density at radius 3 is 2.63 bits per heavy atom. The minimum Gasteiger partial charge on any atom is -0.379 e. The van der Waals surface area contributed by atoms with Crippen molar-refractivity contribution in [2.45, 2.75) is 18.4 Å². The van der Waals surface area contributed by atoms with Crippen molar-refractivity contribution in [3.05, 3.63) is 48.0 Å². The maximum atomic E-state index is 5.45. The highest BCUT2D eigenvalue weighted by Gasteiger charge is 2.43. The zero-order chi connectivity index (χ0) is 12.7. The lowest BCUT2D eigenvalue weighted by molar-refractivity contribution is 0.0331. The van der Waals surface area contributed by atoms with Gasteiger partial charge in [-0.1, -0.05) is 42.5 Å². The van der Waals surface area contributed by atoms with E-state index < -0.39 is 0 Å². The lowest BCUT2D eigenvalue weighted by Crippen LogP contribution is -2.38. The summed E-state index contributed by atoms with van der Waals surface area (Å²) in [4.78, 5) is 2.61. The molecule has 1 saturated heterocycles. The van der Waals surface area contributed by atoms with E-state index in [2.05, 4.69) is 47.4 Å². The van der Waals surface area contributed by atoms with E-state index in [0.717, 1.165) is 38.3 Å². The summed E-state index contributed by atoms with van der Waals surface area (Å²) in [6.07, 6.45) is 1.31. The summed E-state index contributed by atoms with van der Waals surface area (Å²) in [5, 5.41) is 2.80. The Morgan fingerprint density at radius 1 is 0.947 bits per heavy atom. The molecule has 0 radical (unpaired) electrons. The van der Waals surface area contributed by atoms with Crippen LogP contribution in [0, 0.1) is 0 Å². The second kappa shape index (κ2) is 4.62. The van der Waals surface area contributed by atoms with Crippen molar-refractivity contribution < 1.29 is 4.74 Å². The molecule has 19 heavy (non-hydrogen) atoms. The van der Waals surface area contributed by atoms with Crippen LogP contribution in [0.2, 0.25) is 0 Å². The first-order valence-electron chi connectivity index (χ1n) is 7.23. The van der Waals surface area contributed by atoms with Gasteiger partial charge in [0.25, 0.3) is 0 Å². The molecule has 0 amide bonds. The Labute approximate surface area is 114 Å². The highest BCUT2D eigenvalue weighted by atomic mass is 16.5.